The Kier molecular flexibility index (Phi) is 3.65. The van der Waals surface area contributed by atoms with Crippen molar-refractivity contribution in [1.82, 2.24) is 9.88 Å². The van der Waals surface area contributed by atoms with Crippen LogP contribution in [0.15, 0.2) is 36.5 Å². The molecule has 2 heterocycles. The fraction of sp³-hybridized carbons (Fsp3) is 0.438. The van der Waals surface area contributed by atoms with Crippen LogP contribution in [0.4, 0.5) is 5.69 Å². The van der Waals surface area contributed by atoms with E-state index >= 15 is 0 Å². The summed E-state index contributed by atoms with van der Waals surface area (Å²) >= 11 is 0. The van der Waals surface area contributed by atoms with E-state index in [1.165, 1.54) is 37.0 Å². The molecule has 1 saturated heterocycles. The molecular formula is C16H21N3. The standard InChI is InChI=1S/C16H21N3/c1-13(12-19-10-4-5-11-19)18-16-8-9-17-15-7-3-2-6-14(15)16/h2-3,6-9,13H,4-5,10-12H2,1H3,(H,17,18). The van der Waals surface area contributed by atoms with Gasteiger partial charge in [-0.2, -0.15) is 0 Å². The van der Waals surface area contributed by atoms with Crippen molar-refractivity contribution in [3.05, 3.63) is 36.5 Å². The maximum atomic E-state index is 4.40. The van der Waals surface area contributed by atoms with Gasteiger partial charge in [0, 0.05) is 29.9 Å². The van der Waals surface area contributed by atoms with Gasteiger partial charge in [0.2, 0.25) is 0 Å². The van der Waals surface area contributed by atoms with Gasteiger partial charge in [-0.1, -0.05) is 18.2 Å². The summed E-state index contributed by atoms with van der Waals surface area (Å²) < 4.78 is 0. The van der Waals surface area contributed by atoms with Crippen LogP contribution < -0.4 is 5.32 Å². The summed E-state index contributed by atoms with van der Waals surface area (Å²) in [4.78, 5) is 6.94. The fourth-order valence-electron chi connectivity index (χ4n) is 2.89. The van der Waals surface area contributed by atoms with Crippen molar-refractivity contribution >= 4 is 16.6 Å². The minimum Gasteiger partial charge on any atom is -0.381 e. The van der Waals surface area contributed by atoms with Gasteiger partial charge < -0.3 is 10.2 Å². The third-order valence-corrected chi connectivity index (χ3v) is 3.78. The molecule has 0 saturated carbocycles. The van der Waals surface area contributed by atoms with E-state index in [0.717, 1.165) is 12.1 Å². The quantitative estimate of drug-likeness (QED) is 0.909. The Morgan fingerprint density at radius 3 is 2.84 bits per heavy atom. The summed E-state index contributed by atoms with van der Waals surface area (Å²) in [5, 5.41) is 4.84. The number of hydrogen-bond acceptors (Lipinski definition) is 3. The van der Waals surface area contributed by atoms with E-state index in [4.69, 9.17) is 0 Å². The first-order valence-electron chi connectivity index (χ1n) is 7.15. The highest BCUT2D eigenvalue weighted by Crippen LogP contribution is 2.22. The van der Waals surface area contributed by atoms with E-state index in [1.807, 2.05) is 12.3 Å². The van der Waals surface area contributed by atoms with Gasteiger partial charge in [-0.05, 0) is 45.0 Å². The van der Waals surface area contributed by atoms with Crippen LogP contribution >= 0.6 is 0 Å². The lowest BCUT2D eigenvalue weighted by atomic mass is 10.1. The van der Waals surface area contributed by atoms with Gasteiger partial charge in [0.25, 0.3) is 0 Å². The molecule has 3 nitrogen and oxygen atoms in total. The number of nitrogens with one attached hydrogen (secondary N) is 1. The van der Waals surface area contributed by atoms with Crippen molar-refractivity contribution in [3.63, 3.8) is 0 Å². The van der Waals surface area contributed by atoms with Crippen LogP contribution in [-0.2, 0) is 0 Å². The second-order valence-corrected chi connectivity index (χ2v) is 5.43. The van der Waals surface area contributed by atoms with E-state index < -0.39 is 0 Å². The molecule has 1 aliphatic rings. The summed E-state index contributed by atoms with van der Waals surface area (Å²) in [5.74, 6) is 0. The first kappa shape index (κ1) is 12.4. The molecule has 0 aliphatic carbocycles. The molecule has 0 spiro atoms. The number of rotatable bonds is 4. The van der Waals surface area contributed by atoms with Gasteiger partial charge in [-0.15, -0.1) is 0 Å². The molecule has 1 N–H and O–H groups in total. The highest BCUT2D eigenvalue weighted by molar-refractivity contribution is 5.90. The van der Waals surface area contributed by atoms with Crippen molar-refractivity contribution in [2.45, 2.75) is 25.8 Å². The Morgan fingerprint density at radius 2 is 2.00 bits per heavy atom. The number of likely N-dealkylation sites (tertiary alicyclic amines) is 1. The number of anilines is 1. The van der Waals surface area contributed by atoms with Crippen LogP contribution in [0.3, 0.4) is 0 Å². The second kappa shape index (κ2) is 5.57. The van der Waals surface area contributed by atoms with E-state index in [0.29, 0.717) is 6.04 Å². The lowest BCUT2D eigenvalue weighted by molar-refractivity contribution is 0.328. The molecule has 1 atom stereocenters. The summed E-state index contributed by atoms with van der Waals surface area (Å²) in [6, 6.07) is 10.8. The zero-order valence-corrected chi connectivity index (χ0v) is 11.5. The molecular weight excluding hydrogens is 234 g/mol. The number of fused-ring (bicyclic) bond motifs is 1. The summed E-state index contributed by atoms with van der Waals surface area (Å²) in [5.41, 5.74) is 2.25. The van der Waals surface area contributed by atoms with Crippen molar-refractivity contribution in [2.24, 2.45) is 0 Å². The van der Waals surface area contributed by atoms with E-state index in [1.54, 1.807) is 0 Å². The fourth-order valence-corrected chi connectivity index (χ4v) is 2.89. The lowest BCUT2D eigenvalue weighted by Crippen LogP contribution is -2.33. The predicted octanol–water partition coefficient (Wildman–Crippen LogP) is 3.13. The van der Waals surface area contributed by atoms with Gasteiger partial charge in [0.1, 0.15) is 0 Å². The average molecular weight is 255 g/mol. The topological polar surface area (TPSA) is 28.2 Å². The molecule has 3 rings (SSSR count). The van der Waals surface area contributed by atoms with E-state index in [-0.39, 0.29) is 0 Å². The van der Waals surface area contributed by atoms with Crippen LogP contribution in [0.5, 0.6) is 0 Å². The van der Waals surface area contributed by atoms with Crippen LogP contribution in [0, 0.1) is 0 Å². The third-order valence-electron chi connectivity index (χ3n) is 3.78. The molecule has 0 bridgehead atoms. The molecule has 2 aromatic rings. The number of para-hydroxylation sites is 1. The molecule has 1 aromatic carbocycles. The Labute approximate surface area is 114 Å². The second-order valence-electron chi connectivity index (χ2n) is 5.43. The number of benzene rings is 1. The van der Waals surface area contributed by atoms with Crippen LogP contribution in [-0.4, -0.2) is 35.6 Å². The summed E-state index contributed by atoms with van der Waals surface area (Å²) in [7, 11) is 0. The predicted molar refractivity (Wildman–Crippen MR) is 80.5 cm³/mol. The van der Waals surface area contributed by atoms with Gasteiger partial charge >= 0.3 is 0 Å². The zero-order chi connectivity index (χ0) is 13.1. The smallest absolute Gasteiger partial charge is 0.0722 e. The van der Waals surface area contributed by atoms with Crippen molar-refractivity contribution in [1.29, 1.82) is 0 Å². The Morgan fingerprint density at radius 1 is 1.21 bits per heavy atom. The van der Waals surface area contributed by atoms with Gasteiger partial charge in [-0.3, -0.25) is 4.98 Å². The summed E-state index contributed by atoms with van der Waals surface area (Å²) in [6.45, 7) is 5.89. The molecule has 19 heavy (non-hydrogen) atoms. The van der Waals surface area contributed by atoms with Crippen molar-refractivity contribution in [3.8, 4) is 0 Å². The van der Waals surface area contributed by atoms with E-state index in [2.05, 4.69) is 46.4 Å². The number of pyridine rings is 1. The first-order chi connectivity index (χ1) is 9.33. The first-order valence-corrected chi connectivity index (χ1v) is 7.15. The molecule has 0 amide bonds. The molecule has 1 fully saturated rings. The van der Waals surface area contributed by atoms with Crippen LogP contribution in [0.25, 0.3) is 10.9 Å². The monoisotopic (exact) mass is 255 g/mol. The van der Waals surface area contributed by atoms with Gasteiger partial charge in [0.15, 0.2) is 0 Å². The number of aromatic nitrogens is 1. The Hall–Kier alpha value is -1.61. The number of nitrogens with zero attached hydrogens (tertiary/aromatic N) is 2. The molecule has 0 radical (unpaired) electrons. The van der Waals surface area contributed by atoms with Gasteiger partial charge in [0.05, 0.1) is 5.52 Å². The maximum Gasteiger partial charge on any atom is 0.0722 e. The van der Waals surface area contributed by atoms with Gasteiger partial charge in [-0.25, -0.2) is 0 Å². The highest BCUT2D eigenvalue weighted by atomic mass is 15.2. The molecule has 1 unspecified atom stereocenters. The SMILES string of the molecule is CC(CN1CCCC1)Nc1ccnc2ccccc12. The number of hydrogen-bond donors (Lipinski definition) is 1. The van der Waals surface area contributed by atoms with Crippen LogP contribution in [0.2, 0.25) is 0 Å². The Balaban J connectivity index is 1.73. The minimum absolute atomic E-state index is 0.462. The zero-order valence-electron chi connectivity index (χ0n) is 11.5. The normalized spacial score (nSPS) is 17.7. The van der Waals surface area contributed by atoms with Crippen LogP contribution in [0.1, 0.15) is 19.8 Å². The van der Waals surface area contributed by atoms with Crippen molar-refractivity contribution in [2.75, 3.05) is 25.0 Å². The minimum atomic E-state index is 0.462. The average Bonchev–Trinajstić information content (AvgIpc) is 2.92. The summed E-state index contributed by atoms with van der Waals surface area (Å²) in [6.07, 6.45) is 4.59. The van der Waals surface area contributed by atoms with E-state index in [9.17, 15) is 0 Å². The molecule has 1 aliphatic heterocycles. The molecule has 1 aromatic heterocycles. The largest absolute Gasteiger partial charge is 0.381 e. The maximum absolute atomic E-state index is 4.40. The highest BCUT2D eigenvalue weighted by Gasteiger charge is 2.14. The molecule has 100 valence electrons. The molecule has 3 heteroatoms. The lowest BCUT2D eigenvalue weighted by Gasteiger charge is -2.22. The third kappa shape index (κ3) is 2.87. The Bertz CT molecular complexity index is 541. The van der Waals surface area contributed by atoms with Crippen molar-refractivity contribution < 1.29 is 0 Å².